The number of aromatic nitrogens is 3. The van der Waals surface area contributed by atoms with Crippen molar-refractivity contribution in [3.8, 4) is 0 Å². The summed E-state index contributed by atoms with van der Waals surface area (Å²) in [5.74, 6) is 0. The van der Waals surface area contributed by atoms with Crippen LogP contribution in [0.15, 0.2) is 61.3 Å². The molecule has 16 heavy (non-hydrogen) atoms. The highest BCUT2D eigenvalue weighted by atomic mass is 15.0. The van der Waals surface area contributed by atoms with Gasteiger partial charge >= 0.3 is 0 Å². The minimum atomic E-state index is 1.06. The second kappa shape index (κ2) is 5.07. The van der Waals surface area contributed by atoms with Crippen LogP contribution >= 0.6 is 0 Å². The molecule has 2 heterocycles. The molecule has 0 saturated carbocycles. The van der Waals surface area contributed by atoms with Gasteiger partial charge < -0.3 is 4.57 Å². The lowest BCUT2D eigenvalue weighted by molar-refractivity contribution is 0.913. The number of benzene rings is 1. The van der Waals surface area contributed by atoms with Crippen molar-refractivity contribution in [1.82, 2.24) is 14.5 Å². The summed E-state index contributed by atoms with van der Waals surface area (Å²) >= 11 is 0. The lowest BCUT2D eigenvalue weighted by Gasteiger charge is -1.91. The molecule has 2 aromatic heterocycles. The fourth-order valence-corrected chi connectivity index (χ4v) is 1.34. The maximum absolute atomic E-state index is 4.18. The number of aryl methyl sites for hydroxylation is 1. The molecule has 0 aliphatic carbocycles. The molecule has 0 amide bonds. The summed E-state index contributed by atoms with van der Waals surface area (Å²) in [6, 6.07) is 12.1. The quantitative estimate of drug-likeness (QED) is 0.572. The summed E-state index contributed by atoms with van der Waals surface area (Å²) in [6.07, 6.45) is 7.20. The average molecular weight is 211 g/mol. The lowest BCUT2D eigenvalue weighted by atomic mass is 10.2. The van der Waals surface area contributed by atoms with Crippen LogP contribution in [0.1, 0.15) is 0 Å². The van der Waals surface area contributed by atoms with E-state index < -0.39 is 0 Å². The first-order valence-electron chi connectivity index (χ1n) is 5.08. The normalized spacial score (nSPS) is 9.56. The maximum atomic E-state index is 4.18. The van der Waals surface area contributed by atoms with Gasteiger partial charge in [0.15, 0.2) is 0 Å². The van der Waals surface area contributed by atoms with E-state index in [4.69, 9.17) is 0 Å². The van der Waals surface area contributed by atoms with Gasteiger partial charge in [-0.1, -0.05) is 24.3 Å². The van der Waals surface area contributed by atoms with Crippen molar-refractivity contribution in [3.63, 3.8) is 0 Å². The Hall–Kier alpha value is -2.16. The zero-order valence-corrected chi connectivity index (χ0v) is 9.12. The van der Waals surface area contributed by atoms with E-state index in [0.717, 1.165) is 5.52 Å². The molecule has 0 aliphatic heterocycles. The van der Waals surface area contributed by atoms with Gasteiger partial charge in [0.25, 0.3) is 0 Å². The van der Waals surface area contributed by atoms with Crippen molar-refractivity contribution in [2.75, 3.05) is 0 Å². The lowest BCUT2D eigenvalue weighted by Crippen LogP contribution is -1.76. The molecule has 3 nitrogen and oxygen atoms in total. The van der Waals surface area contributed by atoms with E-state index in [9.17, 15) is 0 Å². The molecule has 3 aromatic rings. The molecule has 3 heteroatoms. The molecule has 80 valence electrons. The average Bonchev–Trinajstić information content (AvgIpc) is 2.81. The Morgan fingerprint density at radius 3 is 2.44 bits per heavy atom. The molecule has 0 fully saturated rings. The second-order valence-corrected chi connectivity index (χ2v) is 3.42. The van der Waals surface area contributed by atoms with Crippen LogP contribution in [0, 0.1) is 0 Å². The summed E-state index contributed by atoms with van der Waals surface area (Å²) in [4.78, 5) is 7.97. The summed E-state index contributed by atoms with van der Waals surface area (Å²) in [7, 11) is 1.94. The molecule has 0 spiro atoms. The van der Waals surface area contributed by atoms with E-state index in [1.807, 2.05) is 48.3 Å². The van der Waals surface area contributed by atoms with Gasteiger partial charge in [-0.15, -0.1) is 0 Å². The maximum Gasteiger partial charge on any atom is 0.0943 e. The van der Waals surface area contributed by atoms with Crippen LogP contribution in [0.2, 0.25) is 0 Å². The molecular formula is C13H13N3. The van der Waals surface area contributed by atoms with Gasteiger partial charge in [0, 0.05) is 31.0 Å². The number of nitrogens with zero attached hydrogens (tertiary/aromatic N) is 3. The molecule has 0 radical (unpaired) electrons. The second-order valence-electron chi connectivity index (χ2n) is 3.42. The largest absolute Gasteiger partial charge is 0.341 e. The molecule has 0 atom stereocenters. The van der Waals surface area contributed by atoms with Crippen LogP contribution in [0.5, 0.6) is 0 Å². The van der Waals surface area contributed by atoms with Crippen LogP contribution in [0.25, 0.3) is 10.9 Å². The van der Waals surface area contributed by atoms with E-state index in [2.05, 4.69) is 22.1 Å². The van der Waals surface area contributed by atoms with E-state index >= 15 is 0 Å². The van der Waals surface area contributed by atoms with Gasteiger partial charge in [-0.05, 0) is 12.1 Å². The minimum absolute atomic E-state index is 1.06. The zero-order chi connectivity index (χ0) is 11.2. The van der Waals surface area contributed by atoms with Gasteiger partial charge in [0.2, 0.25) is 0 Å². The summed E-state index contributed by atoms with van der Waals surface area (Å²) in [5.41, 5.74) is 1.06. The van der Waals surface area contributed by atoms with E-state index in [1.165, 1.54) is 5.39 Å². The predicted molar refractivity (Wildman–Crippen MR) is 65.0 cm³/mol. The van der Waals surface area contributed by atoms with Crippen LogP contribution in [0.4, 0.5) is 0 Å². The molecule has 3 rings (SSSR count). The third kappa shape index (κ3) is 2.67. The highest BCUT2D eigenvalue weighted by Crippen LogP contribution is 2.07. The van der Waals surface area contributed by atoms with E-state index in [0.29, 0.717) is 0 Å². The topological polar surface area (TPSA) is 30.7 Å². The van der Waals surface area contributed by atoms with Gasteiger partial charge in [-0.3, -0.25) is 4.98 Å². The molecule has 0 N–H and O–H groups in total. The van der Waals surface area contributed by atoms with Crippen LogP contribution < -0.4 is 0 Å². The van der Waals surface area contributed by atoms with E-state index in [-0.39, 0.29) is 0 Å². The fourth-order valence-electron chi connectivity index (χ4n) is 1.34. The number of hydrogen-bond acceptors (Lipinski definition) is 2. The minimum Gasteiger partial charge on any atom is -0.341 e. The Balaban J connectivity index is 0.000000138. The number of imidazole rings is 1. The molecule has 0 aliphatic rings. The van der Waals surface area contributed by atoms with Gasteiger partial charge in [-0.25, -0.2) is 4.98 Å². The SMILES string of the molecule is Cn1ccnc1.c1ccc2ncccc2c1. The van der Waals surface area contributed by atoms with Crippen LogP contribution in [-0.2, 0) is 7.05 Å². The molecule has 1 aromatic carbocycles. The fraction of sp³-hybridized carbons (Fsp3) is 0.0769. The highest BCUT2D eigenvalue weighted by Gasteiger charge is 1.86. The molecule has 0 saturated heterocycles. The van der Waals surface area contributed by atoms with Crippen molar-refractivity contribution in [1.29, 1.82) is 0 Å². The Morgan fingerprint density at radius 2 is 1.81 bits per heavy atom. The number of pyridine rings is 1. The monoisotopic (exact) mass is 211 g/mol. The summed E-state index contributed by atoms with van der Waals surface area (Å²) < 4.78 is 1.89. The molecule has 0 bridgehead atoms. The van der Waals surface area contributed by atoms with Gasteiger partial charge in [0.1, 0.15) is 0 Å². The molecule has 0 unspecified atom stereocenters. The van der Waals surface area contributed by atoms with Gasteiger partial charge in [0.05, 0.1) is 11.8 Å². The number of para-hydroxylation sites is 1. The summed E-state index contributed by atoms with van der Waals surface area (Å²) in [5, 5.41) is 1.20. The standard InChI is InChI=1S/C9H7N.C4H6N2/c1-2-6-9-8(4-1)5-3-7-10-9;1-6-3-2-5-4-6/h1-7H;2-4H,1H3. The third-order valence-electron chi connectivity index (χ3n) is 2.15. The number of fused-ring (bicyclic) bond motifs is 1. The van der Waals surface area contributed by atoms with Gasteiger partial charge in [-0.2, -0.15) is 0 Å². The first kappa shape index (κ1) is 10.4. The first-order chi connectivity index (χ1) is 7.86. The van der Waals surface area contributed by atoms with Crippen molar-refractivity contribution < 1.29 is 0 Å². The zero-order valence-electron chi connectivity index (χ0n) is 9.12. The van der Waals surface area contributed by atoms with Crippen molar-refractivity contribution in [2.45, 2.75) is 0 Å². The van der Waals surface area contributed by atoms with E-state index in [1.54, 1.807) is 12.5 Å². The predicted octanol–water partition coefficient (Wildman–Crippen LogP) is 2.65. The highest BCUT2D eigenvalue weighted by molar-refractivity contribution is 5.77. The van der Waals surface area contributed by atoms with Crippen molar-refractivity contribution in [3.05, 3.63) is 61.3 Å². The van der Waals surface area contributed by atoms with Crippen LogP contribution in [0.3, 0.4) is 0 Å². The Labute approximate surface area is 94.4 Å². The van der Waals surface area contributed by atoms with Crippen molar-refractivity contribution in [2.24, 2.45) is 7.05 Å². The van der Waals surface area contributed by atoms with Crippen LogP contribution in [-0.4, -0.2) is 14.5 Å². The third-order valence-corrected chi connectivity index (χ3v) is 2.15. The molecular weight excluding hydrogens is 198 g/mol. The summed E-state index contributed by atoms with van der Waals surface area (Å²) in [6.45, 7) is 0. The Kier molecular flexibility index (Phi) is 3.28. The Morgan fingerprint density at radius 1 is 1.00 bits per heavy atom. The smallest absolute Gasteiger partial charge is 0.0943 e. The Bertz CT molecular complexity index is 478. The number of rotatable bonds is 0. The first-order valence-corrected chi connectivity index (χ1v) is 5.08. The van der Waals surface area contributed by atoms with Crippen molar-refractivity contribution >= 4 is 10.9 Å². The number of hydrogen-bond donors (Lipinski definition) is 0.